The summed E-state index contributed by atoms with van der Waals surface area (Å²) in [6, 6.07) is 9.50. The lowest BCUT2D eigenvalue weighted by Crippen LogP contribution is -2.29. The van der Waals surface area contributed by atoms with E-state index in [1.54, 1.807) is 30.3 Å². The minimum absolute atomic E-state index is 0.262. The van der Waals surface area contributed by atoms with E-state index in [4.69, 9.17) is 16.6 Å². The number of hydrogen-bond donors (Lipinski definition) is 1. The van der Waals surface area contributed by atoms with Crippen LogP contribution in [0.25, 0.3) is 6.08 Å². The number of amides is 1. The van der Waals surface area contributed by atoms with Crippen LogP contribution in [-0.2, 0) is 11.3 Å². The molecule has 0 unspecified atom stereocenters. The van der Waals surface area contributed by atoms with Crippen LogP contribution in [0.1, 0.15) is 11.3 Å². The maximum Gasteiger partial charge on any atom is 0.276 e. The number of hydrogen-bond acceptors (Lipinski definition) is 3. The molecule has 3 rings (SSSR count). The number of carbonyl (C=O) groups excluding carboxylic acids is 1. The number of nitrogens with zero attached hydrogens (tertiary/aromatic N) is 1. The number of furan rings is 1. The lowest BCUT2D eigenvalue weighted by atomic mass is 10.2. The summed E-state index contributed by atoms with van der Waals surface area (Å²) in [4.78, 5) is 13.7. The second-order valence-corrected chi connectivity index (χ2v) is 4.90. The van der Waals surface area contributed by atoms with Gasteiger partial charge in [0.15, 0.2) is 5.11 Å². The zero-order valence-electron chi connectivity index (χ0n) is 10.9. The average Bonchev–Trinajstić information content (AvgIpc) is 3.04. The Labute approximate surface area is 125 Å². The van der Waals surface area contributed by atoms with E-state index in [0.717, 1.165) is 0 Å². The van der Waals surface area contributed by atoms with Crippen LogP contribution >= 0.6 is 12.2 Å². The largest absolute Gasteiger partial charge is 0.467 e. The van der Waals surface area contributed by atoms with Crippen molar-refractivity contribution in [3.63, 3.8) is 0 Å². The molecule has 0 atom stereocenters. The van der Waals surface area contributed by atoms with E-state index in [1.165, 1.54) is 23.3 Å². The molecule has 1 fully saturated rings. The lowest BCUT2D eigenvalue weighted by Gasteiger charge is -2.11. The summed E-state index contributed by atoms with van der Waals surface area (Å²) in [6.45, 7) is 0.262. The SMILES string of the molecule is O=C1/C(=C\c2cccc(F)c2)NC(=S)N1Cc1ccco1. The molecular formula is C15H11FN2O2S. The Bertz CT molecular complexity index is 725. The molecule has 2 aromatic rings. The molecule has 1 saturated heterocycles. The fourth-order valence-electron chi connectivity index (χ4n) is 2.04. The lowest BCUT2D eigenvalue weighted by molar-refractivity contribution is -0.122. The minimum atomic E-state index is -0.357. The van der Waals surface area contributed by atoms with Crippen molar-refractivity contribution in [2.24, 2.45) is 0 Å². The number of benzene rings is 1. The van der Waals surface area contributed by atoms with Gasteiger partial charge >= 0.3 is 0 Å². The standard InChI is InChI=1S/C15H11FN2O2S/c16-11-4-1-3-10(7-11)8-13-14(19)18(15(21)17-13)9-12-5-2-6-20-12/h1-8H,9H2,(H,17,21)/b13-8+. The molecule has 6 heteroatoms. The molecule has 2 heterocycles. The van der Waals surface area contributed by atoms with Crippen LogP contribution in [0.4, 0.5) is 4.39 Å². The number of nitrogens with one attached hydrogen (secondary N) is 1. The third-order valence-electron chi connectivity index (χ3n) is 3.02. The summed E-state index contributed by atoms with van der Waals surface area (Å²) in [5, 5.41) is 3.14. The van der Waals surface area contributed by atoms with E-state index >= 15 is 0 Å². The molecule has 0 radical (unpaired) electrons. The number of thiocarbonyl (C=S) groups is 1. The molecule has 1 amide bonds. The summed E-state index contributed by atoms with van der Waals surface area (Å²) in [5.41, 5.74) is 0.908. The van der Waals surface area contributed by atoms with Crippen molar-refractivity contribution in [2.45, 2.75) is 6.54 Å². The number of carbonyl (C=O) groups is 1. The quantitative estimate of drug-likeness (QED) is 0.699. The predicted octanol–water partition coefficient (Wildman–Crippen LogP) is 2.68. The van der Waals surface area contributed by atoms with E-state index in [1.807, 2.05) is 0 Å². The second-order valence-electron chi connectivity index (χ2n) is 4.51. The van der Waals surface area contributed by atoms with Crippen molar-refractivity contribution in [1.82, 2.24) is 10.2 Å². The smallest absolute Gasteiger partial charge is 0.276 e. The van der Waals surface area contributed by atoms with Gasteiger partial charge in [0.2, 0.25) is 0 Å². The third-order valence-corrected chi connectivity index (χ3v) is 3.34. The number of rotatable bonds is 3. The molecule has 1 aromatic carbocycles. The maximum atomic E-state index is 13.2. The van der Waals surface area contributed by atoms with Gasteiger partial charge < -0.3 is 9.73 Å². The highest BCUT2D eigenvalue weighted by molar-refractivity contribution is 7.80. The molecule has 1 aliphatic rings. The monoisotopic (exact) mass is 302 g/mol. The van der Waals surface area contributed by atoms with E-state index in [0.29, 0.717) is 22.1 Å². The molecule has 1 aliphatic heterocycles. The van der Waals surface area contributed by atoms with E-state index in [2.05, 4.69) is 5.32 Å². The van der Waals surface area contributed by atoms with Crippen LogP contribution in [0.5, 0.6) is 0 Å². The first-order chi connectivity index (χ1) is 10.1. The van der Waals surface area contributed by atoms with E-state index in [9.17, 15) is 9.18 Å². The van der Waals surface area contributed by atoms with E-state index in [-0.39, 0.29) is 18.3 Å². The molecule has 1 N–H and O–H groups in total. The first-order valence-electron chi connectivity index (χ1n) is 6.26. The van der Waals surface area contributed by atoms with Crippen LogP contribution in [0.15, 0.2) is 52.8 Å². The van der Waals surface area contributed by atoms with E-state index < -0.39 is 0 Å². The van der Waals surface area contributed by atoms with Crippen LogP contribution < -0.4 is 5.32 Å². The first kappa shape index (κ1) is 13.5. The molecule has 0 saturated carbocycles. The molecule has 106 valence electrons. The Hall–Kier alpha value is -2.47. The van der Waals surface area contributed by atoms with Crippen LogP contribution in [-0.4, -0.2) is 15.9 Å². The van der Waals surface area contributed by atoms with Gasteiger partial charge in [0, 0.05) is 0 Å². The number of halogens is 1. The highest BCUT2D eigenvalue weighted by atomic mass is 32.1. The molecule has 0 aliphatic carbocycles. The average molecular weight is 302 g/mol. The van der Waals surface area contributed by atoms with Crippen molar-refractivity contribution in [3.8, 4) is 0 Å². The third kappa shape index (κ3) is 2.85. The van der Waals surface area contributed by atoms with Gasteiger partial charge in [-0.1, -0.05) is 12.1 Å². The van der Waals surface area contributed by atoms with Crippen molar-refractivity contribution < 1.29 is 13.6 Å². The summed E-state index contributed by atoms with van der Waals surface area (Å²) in [6.07, 6.45) is 3.11. The van der Waals surface area contributed by atoms with Gasteiger partial charge in [0.05, 0.1) is 12.8 Å². The predicted molar refractivity (Wildman–Crippen MR) is 79.4 cm³/mol. The van der Waals surface area contributed by atoms with Gasteiger partial charge in [0.1, 0.15) is 17.3 Å². The molecule has 21 heavy (non-hydrogen) atoms. The van der Waals surface area contributed by atoms with Crippen LogP contribution in [0.2, 0.25) is 0 Å². The summed E-state index contributed by atoms with van der Waals surface area (Å²) < 4.78 is 18.4. The Balaban J connectivity index is 1.83. The van der Waals surface area contributed by atoms with Crippen molar-refractivity contribution >= 4 is 29.3 Å². The molecular weight excluding hydrogens is 291 g/mol. The molecule has 0 spiro atoms. The molecule has 4 nitrogen and oxygen atoms in total. The van der Waals surface area contributed by atoms with Gasteiger partial charge in [-0.25, -0.2) is 4.39 Å². The first-order valence-corrected chi connectivity index (χ1v) is 6.67. The van der Waals surface area contributed by atoms with Crippen molar-refractivity contribution in [3.05, 3.63) is 65.5 Å². The summed E-state index contributed by atoms with van der Waals surface area (Å²) >= 11 is 5.15. The Morgan fingerprint density at radius 1 is 1.33 bits per heavy atom. The summed E-state index contributed by atoms with van der Waals surface area (Å²) in [7, 11) is 0. The molecule has 0 bridgehead atoms. The fourth-order valence-corrected chi connectivity index (χ4v) is 2.29. The van der Waals surface area contributed by atoms with Crippen molar-refractivity contribution in [2.75, 3.05) is 0 Å². The summed E-state index contributed by atoms with van der Waals surface area (Å²) in [5.74, 6) is 0.0185. The maximum absolute atomic E-state index is 13.2. The van der Waals surface area contributed by atoms with Crippen LogP contribution in [0, 0.1) is 5.82 Å². The topological polar surface area (TPSA) is 45.5 Å². The van der Waals surface area contributed by atoms with Gasteiger partial charge in [0.25, 0.3) is 5.91 Å². The second kappa shape index (κ2) is 5.49. The highest BCUT2D eigenvalue weighted by Crippen LogP contribution is 2.17. The molecule has 1 aromatic heterocycles. The zero-order valence-corrected chi connectivity index (χ0v) is 11.7. The van der Waals surface area contributed by atoms with Gasteiger partial charge in [-0.05, 0) is 48.1 Å². The van der Waals surface area contributed by atoms with Gasteiger partial charge in [-0.15, -0.1) is 0 Å². The fraction of sp³-hybridized carbons (Fsp3) is 0.0667. The Kier molecular flexibility index (Phi) is 3.53. The van der Waals surface area contributed by atoms with Gasteiger partial charge in [-0.2, -0.15) is 0 Å². The minimum Gasteiger partial charge on any atom is -0.467 e. The highest BCUT2D eigenvalue weighted by Gasteiger charge is 2.31. The van der Waals surface area contributed by atoms with Gasteiger partial charge in [-0.3, -0.25) is 9.69 Å². The van der Waals surface area contributed by atoms with Crippen LogP contribution in [0.3, 0.4) is 0 Å². The zero-order chi connectivity index (χ0) is 14.8. The van der Waals surface area contributed by atoms with Crippen molar-refractivity contribution in [1.29, 1.82) is 0 Å². The Morgan fingerprint density at radius 2 is 2.19 bits per heavy atom. The Morgan fingerprint density at radius 3 is 2.90 bits per heavy atom. The normalized spacial score (nSPS) is 16.6.